The van der Waals surface area contributed by atoms with Crippen LogP contribution in [-0.2, 0) is 4.79 Å². The largest absolute Gasteiger partial charge is 0.497 e. The molecular formula is C19H15ClN2O5S. The fourth-order valence-electron chi connectivity index (χ4n) is 2.24. The average molecular weight is 419 g/mol. The number of aliphatic carboxylic acids is 1. The standard InChI is InChI=1S/C19H15ClN2O5S/c1-25-14-8-12(9-15(10-14)26-2)17-21-22-19(27-17)28-16(18(23)24)7-11-3-5-13(20)6-4-11/h3-10H,1-2H3,(H,23,24)/b16-7-. The highest BCUT2D eigenvalue weighted by atomic mass is 35.5. The summed E-state index contributed by atoms with van der Waals surface area (Å²) in [6, 6.07) is 11.9. The van der Waals surface area contributed by atoms with Crippen molar-refractivity contribution >= 4 is 35.4 Å². The van der Waals surface area contributed by atoms with Crippen LogP contribution in [0.5, 0.6) is 11.5 Å². The molecule has 7 nitrogen and oxygen atoms in total. The minimum Gasteiger partial charge on any atom is -0.497 e. The van der Waals surface area contributed by atoms with E-state index in [-0.39, 0.29) is 16.0 Å². The summed E-state index contributed by atoms with van der Waals surface area (Å²) in [5.74, 6) is 0.241. The van der Waals surface area contributed by atoms with E-state index >= 15 is 0 Å². The second-order valence-corrected chi connectivity index (χ2v) is 6.87. The van der Waals surface area contributed by atoms with E-state index < -0.39 is 5.97 Å². The minimum atomic E-state index is -1.11. The summed E-state index contributed by atoms with van der Waals surface area (Å²) >= 11 is 6.71. The first-order chi connectivity index (χ1) is 13.5. The van der Waals surface area contributed by atoms with Gasteiger partial charge in [0.15, 0.2) is 0 Å². The topological polar surface area (TPSA) is 94.7 Å². The number of aromatic nitrogens is 2. The van der Waals surface area contributed by atoms with Gasteiger partial charge < -0.3 is 19.0 Å². The lowest BCUT2D eigenvalue weighted by Gasteiger charge is -2.05. The zero-order chi connectivity index (χ0) is 20.1. The fourth-order valence-corrected chi connectivity index (χ4v) is 3.04. The first-order valence-electron chi connectivity index (χ1n) is 7.94. The minimum absolute atomic E-state index is 0.0285. The molecule has 9 heteroatoms. The van der Waals surface area contributed by atoms with Gasteiger partial charge in [-0.3, -0.25) is 0 Å². The van der Waals surface area contributed by atoms with Gasteiger partial charge in [-0.15, -0.1) is 10.2 Å². The van der Waals surface area contributed by atoms with Gasteiger partial charge in [-0.05, 0) is 47.7 Å². The van der Waals surface area contributed by atoms with Gasteiger partial charge in [0, 0.05) is 16.7 Å². The Morgan fingerprint density at radius 2 is 1.75 bits per heavy atom. The number of carboxylic acid groups (broad SMARTS) is 1. The van der Waals surface area contributed by atoms with Crippen LogP contribution in [0.4, 0.5) is 0 Å². The van der Waals surface area contributed by atoms with Gasteiger partial charge in [-0.25, -0.2) is 4.79 Å². The van der Waals surface area contributed by atoms with Crippen molar-refractivity contribution in [1.29, 1.82) is 0 Å². The zero-order valence-electron chi connectivity index (χ0n) is 14.9. The number of thioether (sulfide) groups is 1. The molecule has 0 spiro atoms. The summed E-state index contributed by atoms with van der Waals surface area (Å²) in [7, 11) is 3.07. The molecule has 0 saturated heterocycles. The summed E-state index contributed by atoms with van der Waals surface area (Å²) in [5, 5.41) is 18.0. The number of benzene rings is 2. The molecule has 0 bridgehead atoms. The summed E-state index contributed by atoms with van der Waals surface area (Å²) in [6.45, 7) is 0. The van der Waals surface area contributed by atoms with Gasteiger partial charge in [-0.2, -0.15) is 0 Å². The Kier molecular flexibility index (Phi) is 6.23. The number of halogens is 1. The third kappa shape index (κ3) is 4.85. The Bertz CT molecular complexity index is 995. The molecule has 0 unspecified atom stereocenters. The van der Waals surface area contributed by atoms with E-state index in [1.54, 1.807) is 42.5 Å². The number of hydrogen-bond acceptors (Lipinski definition) is 7. The molecule has 0 atom stereocenters. The van der Waals surface area contributed by atoms with Crippen molar-refractivity contribution in [3.63, 3.8) is 0 Å². The third-order valence-corrected chi connectivity index (χ3v) is 4.68. The Labute approximate surface area is 169 Å². The molecule has 144 valence electrons. The van der Waals surface area contributed by atoms with Crippen molar-refractivity contribution in [2.24, 2.45) is 0 Å². The molecule has 0 saturated carbocycles. The third-order valence-electron chi connectivity index (χ3n) is 3.58. The molecule has 2 aromatic carbocycles. The van der Waals surface area contributed by atoms with Crippen molar-refractivity contribution < 1.29 is 23.8 Å². The molecule has 0 fully saturated rings. The maximum Gasteiger partial charge on any atom is 0.342 e. The van der Waals surface area contributed by atoms with Gasteiger partial charge in [-0.1, -0.05) is 23.7 Å². The summed E-state index contributed by atoms with van der Waals surface area (Å²) < 4.78 is 16.1. The first-order valence-corrected chi connectivity index (χ1v) is 9.13. The fraction of sp³-hybridized carbons (Fsp3) is 0.105. The number of ether oxygens (including phenoxy) is 2. The predicted octanol–water partition coefficient (Wildman–Crippen LogP) is 4.63. The van der Waals surface area contributed by atoms with Gasteiger partial charge >= 0.3 is 5.97 Å². The van der Waals surface area contributed by atoms with Crippen LogP contribution in [-0.4, -0.2) is 35.5 Å². The predicted molar refractivity (Wildman–Crippen MR) is 106 cm³/mol. The van der Waals surface area contributed by atoms with Crippen LogP contribution in [0.1, 0.15) is 5.56 Å². The first kappa shape index (κ1) is 19.8. The molecule has 1 heterocycles. The molecule has 0 aliphatic heterocycles. The van der Waals surface area contributed by atoms with Gasteiger partial charge in [0.1, 0.15) is 16.4 Å². The molecule has 1 N–H and O–H groups in total. The van der Waals surface area contributed by atoms with E-state index in [2.05, 4.69) is 10.2 Å². The van der Waals surface area contributed by atoms with Crippen molar-refractivity contribution in [2.45, 2.75) is 5.22 Å². The zero-order valence-corrected chi connectivity index (χ0v) is 16.5. The quantitative estimate of drug-likeness (QED) is 0.438. The SMILES string of the molecule is COc1cc(OC)cc(-c2nnc(S/C(=C\c3ccc(Cl)cc3)C(=O)O)o2)c1. The van der Waals surface area contributed by atoms with Crippen LogP contribution >= 0.6 is 23.4 Å². The van der Waals surface area contributed by atoms with E-state index in [1.807, 2.05) is 0 Å². The number of carbonyl (C=O) groups is 1. The van der Waals surface area contributed by atoms with E-state index in [4.69, 9.17) is 25.5 Å². The smallest absolute Gasteiger partial charge is 0.342 e. The molecule has 0 aliphatic rings. The monoisotopic (exact) mass is 418 g/mol. The highest BCUT2D eigenvalue weighted by Gasteiger charge is 2.17. The number of carboxylic acids is 1. The summed E-state index contributed by atoms with van der Waals surface area (Å²) in [5.41, 5.74) is 1.28. The van der Waals surface area contributed by atoms with Crippen LogP contribution in [0.2, 0.25) is 5.02 Å². The van der Waals surface area contributed by atoms with Crippen LogP contribution in [0, 0.1) is 0 Å². The van der Waals surface area contributed by atoms with Crippen LogP contribution in [0.3, 0.4) is 0 Å². The average Bonchev–Trinajstić information content (AvgIpc) is 3.17. The van der Waals surface area contributed by atoms with Gasteiger partial charge in [0.25, 0.3) is 5.22 Å². The lowest BCUT2D eigenvalue weighted by molar-refractivity contribution is -0.131. The Balaban J connectivity index is 1.86. The number of rotatable bonds is 7. The van der Waals surface area contributed by atoms with E-state index in [9.17, 15) is 9.90 Å². The maximum atomic E-state index is 11.6. The molecule has 0 amide bonds. The van der Waals surface area contributed by atoms with Crippen molar-refractivity contribution in [1.82, 2.24) is 10.2 Å². The Hall–Kier alpha value is -2.97. The van der Waals surface area contributed by atoms with Crippen LogP contribution in [0.15, 0.2) is 57.0 Å². The molecule has 0 radical (unpaired) electrons. The Morgan fingerprint density at radius 1 is 1.11 bits per heavy atom. The normalized spacial score (nSPS) is 11.3. The lowest BCUT2D eigenvalue weighted by Crippen LogP contribution is -1.96. The van der Waals surface area contributed by atoms with Crippen LogP contribution in [0.25, 0.3) is 17.5 Å². The molecule has 28 heavy (non-hydrogen) atoms. The van der Waals surface area contributed by atoms with Gasteiger partial charge in [0.2, 0.25) is 5.89 Å². The second kappa shape index (κ2) is 8.81. The van der Waals surface area contributed by atoms with E-state index in [0.29, 0.717) is 27.6 Å². The van der Waals surface area contributed by atoms with E-state index in [0.717, 1.165) is 11.8 Å². The number of hydrogen-bond donors (Lipinski definition) is 1. The lowest BCUT2D eigenvalue weighted by atomic mass is 10.2. The number of nitrogens with zero attached hydrogens (tertiary/aromatic N) is 2. The van der Waals surface area contributed by atoms with Crippen LogP contribution < -0.4 is 9.47 Å². The number of methoxy groups -OCH3 is 2. The van der Waals surface area contributed by atoms with Crippen molar-refractivity contribution in [3.05, 3.63) is 58.0 Å². The highest BCUT2D eigenvalue weighted by molar-refractivity contribution is 8.03. The maximum absolute atomic E-state index is 11.6. The highest BCUT2D eigenvalue weighted by Crippen LogP contribution is 2.33. The Morgan fingerprint density at radius 3 is 2.32 bits per heavy atom. The molecule has 3 aromatic rings. The molecule has 0 aliphatic carbocycles. The molecule has 1 aromatic heterocycles. The summed E-state index contributed by atoms with van der Waals surface area (Å²) in [6.07, 6.45) is 1.50. The van der Waals surface area contributed by atoms with Crippen molar-refractivity contribution in [2.75, 3.05) is 14.2 Å². The van der Waals surface area contributed by atoms with Crippen molar-refractivity contribution in [3.8, 4) is 23.0 Å². The second-order valence-electron chi connectivity index (χ2n) is 5.44. The van der Waals surface area contributed by atoms with Gasteiger partial charge in [0.05, 0.1) is 14.2 Å². The molecular weight excluding hydrogens is 404 g/mol. The molecule has 3 rings (SSSR count). The summed E-state index contributed by atoms with van der Waals surface area (Å²) in [4.78, 5) is 11.6. The van der Waals surface area contributed by atoms with E-state index in [1.165, 1.54) is 20.3 Å².